The highest BCUT2D eigenvalue weighted by Crippen LogP contribution is 2.36. The van der Waals surface area contributed by atoms with Gasteiger partial charge in [0, 0.05) is 11.2 Å². The van der Waals surface area contributed by atoms with Gasteiger partial charge in [0.25, 0.3) is 0 Å². The Balaban J connectivity index is 1.85. The van der Waals surface area contributed by atoms with Crippen LogP contribution in [0.2, 0.25) is 5.02 Å². The highest BCUT2D eigenvalue weighted by molar-refractivity contribution is 7.80. The summed E-state index contributed by atoms with van der Waals surface area (Å²) in [4.78, 5) is 5.92. The average molecular weight is 426 g/mol. The Morgan fingerprint density at radius 2 is 1.96 bits per heavy atom. The highest BCUT2D eigenvalue weighted by atomic mass is 35.5. The Labute approximate surface area is 169 Å². The molecule has 0 saturated carbocycles. The summed E-state index contributed by atoms with van der Waals surface area (Å²) in [6.07, 6.45) is -1.42. The number of halogens is 4. The van der Waals surface area contributed by atoms with Gasteiger partial charge in [-0.05, 0) is 54.7 Å². The molecule has 0 radical (unpaired) electrons. The van der Waals surface area contributed by atoms with Gasteiger partial charge in [-0.1, -0.05) is 17.7 Å². The minimum absolute atomic E-state index is 0.00952. The number of thiocarbonyl (C=S) groups is 1. The number of nitrogens with one attached hydrogen (secondary N) is 1. The van der Waals surface area contributed by atoms with E-state index in [1.165, 1.54) is 18.4 Å². The van der Waals surface area contributed by atoms with Gasteiger partial charge >= 0.3 is 6.18 Å². The first kappa shape index (κ1) is 20.2. The fourth-order valence-electron chi connectivity index (χ4n) is 2.53. The number of pyridine rings is 1. The topological polar surface area (TPSA) is 41.3 Å². The molecule has 0 aliphatic carbocycles. The Hall–Kier alpha value is -2.58. The zero-order valence-corrected chi connectivity index (χ0v) is 16.0. The number of alkyl halides is 3. The normalized spacial score (nSPS) is 11.3. The molecule has 0 aliphatic rings. The van der Waals surface area contributed by atoms with Gasteiger partial charge in [0.2, 0.25) is 0 Å². The van der Waals surface area contributed by atoms with E-state index >= 15 is 0 Å². The van der Waals surface area contributed by atoms with E-state index in [0.29, 0.717) is 18.0 Å². The van der Waals surface area contributed by atoms with Crippen LogP contribution in [0.5, 0.6) is 0 Å². The predicted molar refractivity (Wildman–Crippen MR) is 105 cm³/mol. The number of hydrogen-bond donors (Lipinski definition) is 1. The molecule has 0 fully saturated rings. The Bertz CT molecular complexity index is 933. The van der Waals surface area contributed by atoms with Crippen molar-refractivity contribution in [1.82, 2.24) is 9.88 Å². The number of rotatable bonds is 5. The Kier molecular flexibility index (Phi) is 6.21. The lowest BCUT2D eigenvalue weighted by Crippen LogP contribution is -2.34. The molecule has 0 amide bonds. The van der Waals surface area contributed by atoms with Gasteiger partial charge in [0.15, 0.2) is 5.11 Å². The lowest BCUT2D eigenvalue weighted by molar-refractivity contribution is -0.136. The molecular formula is C19H15ClF3N3OS. The first-order valence-corrected chi connectivity index (χ1v) is 8.96. The fourth-order valence-corrected chi connectivity index (χ4v) is 2.94. The average Bonchev–Trinajstić information content (AvgIpc) is 3.16. The first-order chi connectivity index (χ1) is 13.3. The molecule has 2 heterocycles. The van der Waals surface area contributed by atoms with Gasteiger partial charge in [-0.2, -0.15) is 13.2 Å². The molecule has 146 valence electrons. The Morgan fingerprint density at radius 1 is 1.14 bits per heavy atom. The molecule has 28 heavy (non-hydrogen) atoms. The largest absolute Gasteiger partial charge is 0.467 e. The zero-order valence-electron chi connectivity index (χ0n) is 14.4. The van der Waals surface area contributed by atoms with E-state index < -0.39 is 11.7 Å². The summed E-state index contributed by atoms with van der Waals surface area (Å²) in [5.74, 6) is 0.618. The second-order valence-electron chi connectivity index (χ2n) is 5.87. The van der Waals surface area contributed by atoms with E-state index in [2.05, 4.69) is 10.3 Å². The molecule has 4 nitrogen and oxygen atoms in total. The van der Waals surface area contributed by atoms with Crippen LogP contribution in [0.15, 0.2) is 65.4 Å². The third-order valence-electron chi connectivity index (χ3n) is 3.82. The van der Waals surface area contributed by atoms with Crippen LogP contribution in [-0.2, 0) is 19.3 Å². The van der Waals surface area contributed by atoms with Crippen molar-refractivity contribution in [2.24, 2.45) is 0 Å². The SMILES string of the molecule is FC(F)(F)c1cc(Cl)ccc1NC(=S)N(Cc1ccccn1)Cc1ccco1. The second-order valence-corrected chi connectivity index (χ2v) is 6.70. The van der Waals surface area contributed by atoms with E-state index in [9.17, 15) is 13.2 Å². The molecule has 0 saturated heterocycles. The van der Waals surface area contributed by atoms with E-state index in [-0.39, 0.29) is 22.4 Å². The van der Waals surface area contributed by atoms with Crippen molar-refractivity contribution < 1.29 is 17.6 Å². The second kappa shape index (κ2) is 8.62. The summed E-state index contributed by atoms with van der Waals surface area (Å²) in [6, 6.07) is 12.4. The molecule has 9 heteroatoms. The van der Waals surface area contributed by atoms with Crippen LogP contribution in [0.25, 0.3) is 0 Å². The van der Waals surface area contributed by atoms with Crippen LogP contribution in [0.1, 0.15) is 17.0 Å². The van der Waals surface area contributed by atoms with Crippen LogP contribution in [0.3, 0.4) is 0 Å². The number of benzene rings is 1. The quantitative estimate of drug-likeness (QED) is 0.527. The van der Waals surface area contributed by atoms with Crippen molar-refractivity contribution in [2.75, 3.05) is 5.32 Å². The summed E-state index contributed by atoms with van der Waals surface area (Å²) < 4.78 is 45.4. The molecule has 3 aromatic rings. The molecule has 1 aromatic carbocycles. The minimum atomic E-state index is -4.57. The van der Waals surface area contributed by atoms with Gasteiger partial charge in [0.05, 0.1) is 36.3 Å². The summed E-state index contributed by atoms with van der Waals surface area (Å²) >= 11 is 11.1. The van der Waals surface area contributed by atoms with Gasteiger partial charge in [-0.25, -0.2) is 0 Å². The maximum absolute atomic E-state index is 13.4. The van der Waals surface area contributed by atoms with Crippen molar-refractivity contribution in [1.29, 1.82) is 0 Å². The van der Waals surface area contributed by atoms with Crippen LogP contribution in [-0.4, -0.2) is 15.0 Å². The molecule has 0 atom stereocenters. The van der Waals surface area contributed by atoms with Gasteiger partial charge in [-0.3, -0.25) is 4.98 Å². The summed E-state index contributed by atoms with van der Waals surface area (Å²) in [5.41, 5.74) is -0.351. The fraction of sp³-hybridized carbons (Fsp3) is 0.158. The number of anilines is 1. The number of aromatic nitrogens is 1. The van der Waals surface area contributed by atoms with E-state index in [4.69, 9.17) is 28.2 Å². The van der Waals surface area contributed by atoms with E-state index in [1.807, 2.05) is 6.07 Å². The van der Waals surface area contributed by atoms with Crippen LogP contribution < -0.4 is 5.32 Å². The lowest BCUT2D eigenvalue weighted by atomic mass is 10.1. The number of nitrogens with zero attached hydrogens (tertiary/aromatic N) is 2. The third kappa shape index (κ3) is 5.24. The van der Waals surface area contributed by atoms with Crippen molar-refractivity contribution in [3.8, 4) is 0 Å². The van der Waals surface area contributed by atoms with Crippen LogP contribution in [0.4, 0.5) is 18.9 Å². The summed E-state index contributed by atoms with van der Waals surface area (Å²) in [6.45, 7) is 0.562. The maximum Gasteiger partial charge on any atom is 0.418 e. The van der Waals surface area contributed by atoms with Gasteiger partial charge in [-0.15, -0.1) is 0 Å². The van der Waals surface area contributed by atoms with Gasteiger partial charge < -0.3 is 14.6 Å². The lowest BCUT2D eigenvalue weighted by Gasteiger charge is -2.26. The number of hydrogen-bond acceptors (Lipinski definition) is 3. The number of furan rings is 1. The van der Waals surface area contributed by atoms with Crippen molar-refractivity contribution in [3.05, 3.63) is 83.0 Å². The van der Waals surface area contributed by atoms with E-state index in [1.54, 1.807) is 35.4 Å². The molecule has 0 aliphatic heterocycles. The Morgan fingerprint density at radius 3 is 2.61 bits per heavy atom. The van der Waals surface area contributed by atoms with Crippen molar-refractivity contribution >= 4 is 34.6 Å². The standard InChI is InChI=1S/C19H15ClF3N3OS/c20-13-6-7-17(16(10-13)19(21,22)23)25-18(28)26(12-15-5-3-9-27-15)11-14-4-1-2-8-24-14/h1-10H,11-12H2,(H,25,28). The monoisotopic (exact) mass is 425 g/mol. The summed E-state index contributed by atoms with van der Waals surface area (Å²) in [5, 5.41) is 2.78. The molecule has 2 aromatic heterocycles. The molecule has 0 unspecified atom stereocenters. The van der Waals surface area contributed by atoms with Crippen LogP contribution in [0, 0.1) is 0 Å². The van der Waals surface area contributed by atoms with E-state index in [0.717, 1.165) is 6.07 Å². The molecule has 0 bridgehead atoms. The maximum atomic E-state index is 13.4. The van der Waals surface area contributed by atoms with Crippen LogP contribution >= 0.6 is 23.8 Å². The van der Waals surface area contributed by atoms with Crippen molar-refractivity contribution in [2.45, 2.75) is 19.3 Å². The zero-order chi connectivity index (χ0) is 20.1. The third-order valence-corrected chi connectivity index (χ3v) is 4.42. The van der Waals surface area contributed by atoms with Gasteiger partial charge in [0.1, 0.15) is 5.76 Å². The predicted octanol–water partition coefficient (Wildman–Crippen LogP) is 5.75. The summed E-state index contributed by atoms with van der Waals surface area (Å²) in [7, 11) is 0. The molecule has 0 spiro atoms. The molecule has 3 rings (SSSR count). The molecule has 1 N–H and O–H groups in total. The minimum Gasteiger partial charge on any atom is -0.467 e. The first-order valence-electron chi connectivity index (χ1n) is 8.18. The molecular weight excluding hydrogens is 411 g/mol. The smallest absolute Gasteiger partial charge is 0.418 e. The van der Waals surface area contributed by atoms with Crippen molar-refractivity contribution in [3.63, 3.8) is 0 Å². The highest BCUT2D eigenvalue weighted by Gasteiger charge is 2.34.